The average molecular weight is 510 g/mol. The number of hydrogen-bond donors (Lipinski definition) is 3. The molecule has 1 atom stereocenters. The maximum Gasteiger partial charge on any atom is 0.419 e. The predicted octanol–water partition coefficient (Wildman–Crippen LogP) is 3.63. The Kier molecular flexibility index (Phi) is 9.46. The summed E-state index contributed by atoms with van der Waals surface area (Å²) >= 11 is 0. The second-order valence-electron chi connectivity index (χ2n) is 7.29. The first-order valence-electron chi connectivity index (χ1n) is 10.1. The molecule has 0 fully saturated rings. The number of carbonyl (C=O) groups excluding carboxylic acids is 2. The number of rotatable bonds is 10. The van der Waals surface area contributed by atoms with E-state index in [0.717, 1.165) is 6.07 Å². The van der Waals surface area contributed by atoms with E-state index < -0.39 is 61.2 Å². The molecular formula is C22H21F7N2O4. The van der Waals surface area contributed by atoms with Gasteiger partial charge in [-0.25, -0.2) is 4.39 Å². The monoisotopic (exact) mass is 510 g/mol. The minimum atomic E-state index is -4.91. The topological polar surface area (TPSA) is 87.7 Å². The lowest BCUT2D eigenvalue weighted by atomic mass is 10.0. The molecule has 0 radical (unpaired) electrons. The lowest BCUT2D eigenvalue weighted by molar-refractivity contribution is -0.140. The summed E-state index contributed by atoms with van der Waals surface area (Å²) < 4.78 is 93.8. The highest BCUT2D eigenvalue weighted by Gasteiger charge is 2.34. The zero-order chi connectivity index (χ0) is 26.2. The molecule has 192 valence electrons. The number of alkyl halides is 6. The van der Waals surface area contributed by atoms with Crippen LogP contribution in [-0.4, -0.2) is 48.9 Å². The van der Waals surface area contributed by atoms with Crippen molar-refractivity contribution in [2.45, 2.75) is 31.2 Å². The van der Waals surface area contributed by atoms with Crippen molar-refractivity contribution in [1.29, 1.82) is 0 Å². The van der Waals surface area contributed by atoms with Crippen molar-refractivity contribution in [3.63, 3.8) is 0 Å². The van der Waals surface area contributed by atoms with Gasteiger partial charge in [0.25, 0.3) is 5.91 Å². The average Bonchev–Trinajstić information content (AvgIpc) is 2.75. The Bertz CT molecular complexity index is 1010. The number of hydrogen-bond acceptors (Lipinski definition) is 4. The number of carbonyl (C=O) groups is 2. The van der Waals surface area contributed by atoms with Gasteiger partial charge in [0, 0.05) is 18.5 Å². The Hall–Kier alpha value is -3.35. The van der Waals surface area contributed by atoms with Gasteiger partial charge >= 0.3 is 12.4 Å². The highest BCUT2D eigenvalue weighted by Crippen LogP contribution is 2.31. The van der Waals surface area contributed by atoms with Crippen LogP contribution in [0.15, 0.2) is 42.5 Å². The van der Waals surface area contributed by atoms with E-state index in [1.165, 1.54) is 24.3 Å². The quantitative estimate of drug-likeness (QED) is 0.426. The second-order valence-corrected chi connectivity index (χ2v) is 7.29. The van der Waals surface area contributed by atoms with Crippen LogP contribution in [0.2, 0.25) is 0 Å². The van der Waals surface area contributed by atoms with Crippen LogP contribution in [0.4, 0.5) is 30.7 Å². The standard InChI is InChI=1S/C22H21F7N2O4/c23-17-11-13(1-6-16(17)22(27,28)29)12-18(20(34)30-8-9-32)31-19(33)14-2-4-15(5-3-14)35-10-7-21(24,25)26/h1-6,11,18,32H,7-10,12H2,(H,30,34)(H,31,33). The largest absolute Gasteiger partial charge is 0.493 e. The smallest absolute Gasteiger partial charge is 0.419 e. The van der Waals surface area contributed by atoms with Gasteiger partial charge in [0.2, 0.25) is 5.91 Å². The van der Waals surface area contributed by atoms with Crippen LogP contribution in [0.3, 0.4) is 0 Å². The second kappa shape index (κ2) is 11.9. The van der Waals surface area contributed by atoms with Gasteiger partial charge in [-0.15, -0.1) is 0 Å². The summed E-state index contributed by atoms with van der Waals surface area (Å²) in [6, 6.07) is 5.72. The number of nitrogens with one attached hydrogen (secondary N) is 2. The van der Waals surface area contributed by atoms with Gasteiger partial charge in [-0.05, 0) is 42.0 Å². The van der Waals surface area contributed by atoms with Crippen molar-refractivity contribution >= 4 is 11.8 Å². The predicted molar refractivity (Wildman–Crippen MR) is 109 cm³/mol. The highest BCUT2D eigenvalue weighted by molar-refractivity contribution is 5.97. The minimum Gasteiger partial charge on any atom is -0.493 e. The molecule has 6 nitrogen and oxygen atoms in total. The summed E-state index contributed by atoms with van der Waals surface area (Å²) in [5.41, 5.74) is -1.48. The highest BCUT2D eigenvalue weighted by atomic mass is 19.4. The normalized spacial score (nSPS) is 12.7. The molecule has 2 aromatic rings. The molecule has 0 aromatic heterocycles. The fraction of sp³-hybridized carbons (Fsp3) is 0.364. The van der Waals surface area contributed by atoms with E-state index in [0.29, 0.717) is 12.1 Å². The van der Waals surface area contributed by atoms with Crippen molar-refractivity contribution in [3.05, 3.63) is 65.0 Å². The van der Waals surface area contributed by atoms with Crippen LogP contribution in [0.5, 0.6) is 5.75 Å². The Labute approximate surface area is 195 Å². The Morgan fingerprint density at radius 2 is 1.66 bits per heavy atom. The molecule has 35 heavy (non-hydrogen) atoms. The number of aliphatic hydroxyl groups excluding tert-OH is 1. The van der Waals surface area contributed by atoms with E-state index in [9.17, 15) is 40.3 Å². The summed E-state index contributed by atoms with van der Waals surface area (Å²) in [4.78, 5) is 25.0. The summed E-state index contributed by atoms with van der Waals surface area (Å²) in [5.74, 6) is -3.04. The molecule has 0 saturated heterocycles. The third kappa shape index (κ3) is 9.08. The Morgan fingerprint density at radius 3 is 2.20 bits per heavy atom. The molecule has 2 amide bonds. The van der Waals surface area contributed by atoms with Gasteiger partial charge < -0.3 is 20.5 Å². The molecule has 0 aliphatic carbocycles. The van der Waals surface area contributed by atoms with Crippen LogP contribution in [-0.2, 0) is 17.4 Å². The lowest BCUT2D eigenvalue weighted by Gasteiger charge is -2.19. The van der Waals surface area contributed by atoms with Crippen LogP contribution < -0.4 is 15.4 Å². The molecule has 0 saturated carbocycles. The molecule has 0 bridgehead atoms. The summed E-state index contributed by atoms with van der Waals surface area (Å²) in [7, 11) is 0. The first-order chi connectivity index (χ1) is 16.3. The van der Waals surface area contributed by atoms with E-state index in [2.05, 4.69) is 10.6 Å². The third-order valence-electron chi connectivity index (χ3n) is 4.58. The maximum absolute atomic E-state index is 13.9. The van der Waals surface area contributed by atoms with Gasteiger partial charge in [0.05, 0.1) is 25.2 Å². The van der Waals surface area contributed by atoms with Gasteiger partial charge in [0.1, 0.15) is 17.6 Å². The van der Waals surface area contributed by atoms with Crippen molar-refractivity contribution in [2.24, 2.45) is 0 Å². The first-order valence-corrected chi connectivity index (χ1v) is 10.1. The summed E-state index contributed by atoms with van der Waals surface area (Å²) in [6.45, 7) is -1.21. The van der Waals surface area contributed by atoms with E-state index >= 15 is 0 Å². The zero-order valence-electron chi connectivity index (χ0n) is 18.0. The van der Waals surface area contributed by atoms with Crippen LogP contribution in [0.25, 0.3) is 0 Å². The van der Waals surface area contributed by atoms with E-state index in [1.54, 1.807) is 0 Å². The van der Waals surface area contributed by atoms with Crippen molar-refractivity contribution < 1.29 is 50.2 Å². The van der Waals surface area contributed by atoms with Crippen molar-refractivity contribution in [3.8, 4) is 5.75 Å². The number of aliphatic hydroxyl groups is 1. The third-order valence-corrected chi connectivity index (χ3v) is 4.58. The lowest BCUT2D eigenvalue weighted by Crippen LogP contribution is -2.48. The van der Waals surface area contributed by atoms with Crippen molar-refractivity contribution in [2.75, 3.05) is 19.8 Å². The molecule has 2 rings (SSSR count). The van der Waals surface area contributed by atoms with Gasteiger partial charge in [-0.1, -0.05) is 6.07 Å². The SMILES string of the molecule is O=C(NC(Cc1ccc(C(F)(F)F)c(F)c1)C(=O)NCCO)c1ccc(OCCC(F)(F)F)cc1. The summed E-state index contributed by atoms with van der Waals surface area (Å²) in [5, 5.41) is 13.6. The minimum absolute atomic E-state index is 0.00615. The van der Waals surface area contributed by atoms with Crippen LogP contribution >= 0.6 is 0 Å². The summed E-state index contributed by atoms with van der Waals surface area (Å²) in [6.07, 6.45) is -10.8. The van der Waals surface area contributed by atoms with Gasteiger partial charge in [0.15, 0.2) is 0 Å². The molecule has 13 heteroatoms. The zero-order valence-corrected chi connectivity index (χ0v) is 18.0. The van der Waals surface area contributed by atoms with Crippen molar-refractivity contribution in [1.82, 2.24) is 10.6 Å². The maximum atomic E-state index is 13.9. The van der Waals surface area contributed by atoms with E-state index in [1.807, 2.05) is 0 Å². The molecule has 0 aliphatic rings. The molecule has 0 heterocycles. The molecule has 2 aromatic carbocycles. The fourth-order valence-electron chi connectivity index (χ4n) is 2.89. The molecule has 0 spiro atoms. The van der Waals surface area contributed by atoms with Crippen LogP contribution in [0, 0.1) is 5.82 Å². The van der Waals surface area contributed by atoms with E-state index in [-0.39, 0.29) is 29.8 Å². The number of ether oxygens (including phenoxy) is 1. The Morgan fingerprint density at radius 1 is 1.00 bits per heavy atom. The fourth-order valence-corrected chi connectivity index (χ4v) is 2.89. The van der Waals surface area contributed by atoms with E-state index in [4.69, 9.17) is 9.84 Å². The first kappa shape index (κ1) is 27.9. The molecule has 1 unspecified atom stereocenters. The van der Waals surface area contributed by atoms with Gasteiger partial charge in [-0.2, -0.15) is 26.3 Å². The molecular weight excluding hydrogens is 489 g/mol. The Balaban J connectivity index is 2.12. The molecule has 3 N–H and O–H groups in total. The number of halogens is 7. The molecule has 0 aliphatic heterocycles. The number of benzene rings is 2. The number of amides is 2. The van der Waals surface area contributed by atoms with Crippen LogP contribution in [0.1, 0.15) is 27.9 Å². The van der Waals surface area contributed by atoms with Gasteiger partial charge in [-0.3, -0.25) is 9.59 Å².